The molecule has 0 saturated carbocycles. The Kier molecular flexibility index (Phi) is 7.71. The van der Waals surface area contributed by atoms with E-state index in [0.29, 0.717) is 12.4 Å². The molecule has 3 heterocycles. The molecule has 4 N–H and O–H groups in total. The van der Waals surface area contributed by atoms with E-state index in [1.807, 2.05) is 55.5 Å². The number of aryl methyl sites for hydroxylation is 1. The molecule has 1 aliphatic rings. The minimum atomic E-state index is -1.53. The number of nitrogens with one attached hydrogen (secondary N) is 2. The minimum absolute atomic E-state index is 0.0187. The first-order chi connectivity index (χ1) is 20.0. The summed E-state index contributed by atoms with van der Waals surface area (Å²) in [5.41, 5.74) is 0.690. The zero-order chi connectivity index (χ0) is 30.1. The summed E-state index contributed by atoms with van der Waals surface area (Å²) in [5, 5.41) is 38.8. The molecule has 2 aromatic carbocycles. The molecule has 13 nitrogen and oxygen atoms in total. The number of aromatic nitrogens is 4. The standard InChI is InChI=1S/C29H32N6O7/c1-5-40-16-29(14-22-17(2)41-27(38)42-22)30-24(28(3,4)39)23(26(36)37)35(29)15-18-10-12-19(13-11-18)20-8-6-7-9-21(20)25-31-33-34-32-25/h6-13,30,39H,5,14-16H2,1-4H3,(H,36,37)(H,31,32,33,34). The summed E-state index contributed by atoms with van der Waals surface area (Å²) in [5.74, 6) is -1.03. The maximum Gasteiger partial charge on any atom is 0.519 e. The van der Waals surface area contributed by atoms with Gasteiger partial charge in [0.2, 0.25) is 0 Å². The van der Waals surface area contributed by atoms with E-state index in [0.717, 1.165) is 22.3 Å². The van der Waals surface area contributed by atoms with Gasteiger partial charge in [-0.1, -0.05) is 48.5 Å². The molecule has 0 saturated heterocycles. The lowest BCUT2D eigenvalue weighted by molar-refractivity contribution is -0.135. The van der Waals surface area contributed by atoms with Gasteiger partial charge in [-0.15, -0.1) is 5.10 Å². The highest BCUT2D eigenvalue weighted by atomic mass is 16.6. The average Bonchev–Trinajstić information content (AvgIpc) is 3.67. The molecular weight excluding hydrogens is 544 g/mol. The molecule has 0 bridgehead atoms. The quantitative estimate of drug-likeness (QED) is 0.205. The molecule has 1 unspecified atom stereocenters. The highest BCUT2D eigenvalue weighted by molar-refractivity contribution is 5.88. The maximum absolute atomic E-state index is 12.7. The molecule has 0 amide bonds. The molecule has 4 aromatic rings. The van der Waals surface area contributed by atoms with Gasteiger partial charge in [-0.2, -0.15) is 0 Å². The largest absolute Gasteiger partial charge is 0.519 e. The summed E-state index contributed by atoms with van der Waals surface area (Å²) in [4.78, 5) is 26.2. The van der Waals surface area contributed by atoms with Gasteiger partial charge in [0.1, 0.15) is 22.7 Å². The van der Waals surface area contributed by atoms with Crippen molar-refractivity contribution in [2.45, 2.75) is 51.9 Å². The summed E-state index contributed by atoms with van der Waals surface area (Å²) >= 11 is 0. The highest BCUT2D eigenvalue weighted by Gasteiger charge is 2.51. The molecule has 2 aromatic heterocycles. The van der Waals surface area contributed by atoms with Crippen molar-refractivity contribution in [3.8, 4) is 22.5 Å². The van der Waals surface area contributed by atoms with E-state index in [4.69, 9.17) is 13.6 Å². The number of aliphatic carboxylic acids is 1. The van der Waals surface area contributed by atoms with E-state index in [1.54, 1.807) is 11.8 Å². The Bertz CT molecular complexity index is 1650. The average molecular weight is 577 g/mol. The number of carbonyl (C=O) groups is 1. The molecule has 220 valence electrons. The Labute approximate surface area is 240 Å². The Morgan fingerprint density at radius 3 is 2.40 bits per heavy atom. The molecule has 0 radical (unpaired) electrons. The van der Waals surface area contributed by atoms with E-state index in [-0.39, 0.29) is 42.5 Å². The summed E-state index contributed by atoms with van der Waals surface area (Å²) in [7, 11) is 0. The zero-order valence-electron chi connectivity index (χ0n) is 23.7. The number of carboxylic acids is 1. The highest BCUT2D eigenvalue weighted by Crippen LogP contribution is 2.38. The molecule has 42 heavy (non-hydrogen) atoms. The fourth-order valence-corrected chi connectivity index (χ4v) is 5.17. The van der Waals surface area contributed by atoms with Crippen molar-refractivity contribution in [3.05, 3.63) is 87.6 Å². The molecule has 1 aliphatic heterocycles. The van der Waals surface area contributed by atoms with Crippen molar-refractivity contribution in [1.82, 2.24) is 30.8 Å². The topological polar surface area (TPSA) is 180 Å². The predicted octanol–water partition coefficient (Wildman–Crippen LogP) is 2.84. The summed E-state index contributed by atoms with van der Waals surface area (Å²) in [6, 6.07) is 15.4. The number of ether oxygens (including phenoxy) is 1. The van der Waals surface area contributed by atoms with Gasteiger partial charge in [0.25, 0.3) is 0 Å². The van der Waals surface area contributed by atoms with Gasteiger partial charge >= 0.3 is 11.8 Å². The molecule has 5 rings (SSSR count). The van der Waals surface area contributed by atoms with E-state index in [1.165, 1.54) is 13.8 Å². The second-order valence-electron chi connectivity index (χ2n) is 10.6. The first kappa shape index (κ1) is 28.8. The van der Waals surface area contributed by atoms with Crippen molar-refractivity contribution in [1.29, 1.82) is 0 Å². The number of H-pyrrole nitrogens is 1. The van der Waals surface area contributed by atoms with Crippen molar-refractivity contribution in [3.63, 3.8) is 0 Å². The SMILES string of the molecule is CCOCC1(Cc2oc(=O)oc2C)NC(C(C)(C)O)=C(C(=O)O)N1Cc1ccc(-c2ccccc2-c2nnn[nH]2)cc1. The number of hydrogen-bond donors (Lipinski definition) is 4. The van der Waals surface area contributed by atoms with E-state index < -0.39 is 23.1 Å². The number of carboxylic acid groups (broad SMARTS) is 1. The van der Waals surface area contributed by atoms with Gasteiger partial charge in [0, 0.05) is 18.7 Å². The van der Waals surface area contributed by atoms with Crippen LogP contribution in [0.2, 0.25) is 0 Å². The third-order valence-corrected chi connectivity index (χ3v) is 7.16. The number of rotatable bonds is 11. The second kappa shape index (κ2) is 11.3. The van der Waals surface area contributed by atoms with Gasteiger partial charge in [-0.25, -0.2) is 14.7 Å². The van der Waals surface area contributed by atoms with Crippen LogP contribution < -0.4 is 11.1 Å². The number of hydrogen-bond acceptors (Lipinski definition) is 11. The molecule has 0 aliphatic carbocycles. The number of aromatic amines is 1. The van der Waals surface area contributed by atoms with Crippen LogP contribution in [0.3, 0.4) is 0 Å². The smallest absolute Gasteiger partial charge is 0.477 e. The van der Waals surface area contributed by atoms with Crippen LogP contribution in [0.25, 0.3) is 22.5 Å². The number of aliphatic hydroxyl groups is 1. The van der Waals surface area contributed by atoms with Crippen molar-refractivity contribution < 1.29 is 28.6 Å². The van der Waals surface area contributed by atoms with Gasteiger partial charge in [0.15, 0.2) is 11.6 Å². The van der Waals surface area contributed by atoms with E-state index >= 15 is 0 Å². The van der Waals surface area contributed by atoms with Gasteiger partial charge in [0.05, 0.1) is 18.7 Å². The number of nitrogens with zero attached hydrogens (tertiary/aromatic N) is 4. The maximum atomic E-state index is 12.7. The van der Waals surface area contributed by atoms with Crippen molar-refractivity contribution in [2.75, 3.05) is 13.2 Å². The Hall–Kier alpha value is -4.75. The molecule has 0 spiro atoms. The minimum Gasteiger partial charge on any atom is -0.477 e. The van der Waals surface area contributed by atoms with Crippen LogP contribution >= 0.6 is 0 Å². The Morgan fingerprint density at radius 2 is 1.83 bits per heavy atom. The Morgan fingerprint density at radius 1 is 1.12 bits per heavy atom. The van der Waals surface area contributed by atoms with Gasteiger partial charge < -0.3 is 34.0 Å². The monoisotopic (exact) mass is 576 g/mol. The number of tetrazole rings is 1. The lowest BCUT2D eigenvalue weighted by atomic mass is 9.97. The van der Waals surface area contributed by atoms with Crippen LogP contribution in [0.1, 0.15) is 37.9 Å². The van der Waals surface area contributed by atoms with Crippen LogP contribution in [0.15, 0.2) is 73.6 Å². The normalized spacial score (nSPS) is 17.1. The fraction of sp³-hybridized carbons (Fsp3) is 0.345. The number of benzene rings is 2. The zero-order valence-corrected chi connectivity index (χ0v) is 23.7. The lowest BCUT2D eigenvalue weighted by Crippen LogP contribution is -2.58. The van der Waals surface area contributed by atoms with Gasteiger partial charge in [-0.05, 0) is 54.8 Å². The van der Waals surface area contributed by atoms with Crippen molar-refractivity contribution >= 4 is 5.97 Å². The van der Waals surface area contributed by atoms with Gasteiger partial charge in [-0.3, -0.25) is 0 Å². The van der Waals surface area contributed by atoms with Crippen LogP contribution in [0.4, 0.5) is 0 Å². The predicted molar refractivity (Wildman–Crippen MR) is 150 cm³/mol. The van der Waals surface area contributed by atoms with Crippen LogP contribution in [0.5, 0.6) is 0 Å². The molecule has 0 fully saturated rings. The summed E-state index contributed by atoms with van der Waals surface area (Å²) in [6.07, 6.45) is 0.0254. The van der Waals surface area contributed by atoms with Crippen LogP contribution in [-0.4, -0.2) is 66.2 Å². The second-order valence-corrected chi connectivity index (χ2v) is 10.6. The molecule has 1 atom stereocenters. The first-order valence-electron chi connectivity index (χ1n) is 13.4. The van der Waals surface area contributed by atoms with Crippen LogP contribution in [-0.2, 0) is 22.5 Å². The first-order valence-corrected chi connectivity index (χ1v) is 13.4. The van der Waals surface area contributed by atoms with E-state index in [2.05, 4.69) is 25.9 Å². The fourth-order valence-electron chi connectivity index (χ4n) is 5.17. The van der Waals surface area contributed by atoms with E-state index in [9.17, 15) is 19.8 Å². The Balaban J connectivity index is 1.56. The third kappa shape index (κ3) is 5.56. The summed E-state index contributed by atoms with van der Waals surface area (Å²) < 4.78 is 16.2. The molecular formula is C29H32N6O7. The third-order valence-electron chi connectivity index (χ3n) is 7.16. The van der Waals surface area contributed by atoms with Crippen LogP contribution in [0, 0.1) is 6.92 Å². The lowest BCUT2D eigenvalue weighted by Gasteiger charge is -2.40. The van der Waals surface area contributed by atoms with Crippen molar-refractivity contribution in [2.24, 2.45) is 0 Å². The summed E-state index contributed by atoms with van der Waals surface area (Å²) in [6.45, 7) is 6.94. The molecule has 13 heteroatoms.